The molecule has 3 nitrogen and oxygen atoms in total. The number of rotatable bonds is 2. The lowest BCUT2D eigenvalue weighted by molar-refractivity contribution is 0.0969. The number of aliphatic hydroxyl groups is 1. The maximum Gasteiger partial charge on any atom is 0.118 e. The molecule has 0 spiro atoms. The minimum absolute atomic E-state index is 0.171. The quantitative estimate of drug-likeness (QED) is 0.800. The Labute approximate surface area is 96.2 Å². The van der Waals surface area contributed by atoms with Gasteiger partial charge in [0.2, 0.25) is 0 Å². The first-order valence-corrected chi connectivity index (χ1v) is 5.75. The van der Waals surface area contributed by atoms with Crippen molar-refractivity contribution in [3.63, 3.8) is 0 Å². The van der Waals surface area contributed by atoms with Gasteiger partial charge in [-0.15, -0.1) is 0 Å². The number of benzene rings is 1. The van der Waals surface area contributed by atoms with Gasteiger partial charge in [-0.25, -0.2) is 0 Å². The summed E-state index contributed by atoms with van der Waals surface area (Å²) in [6, 6.07) is 7.93. The van der Waals surface area contributed by atoms with Crippen LogP contribution in [0.5, 0.6) is 5.75 Å². The third kappa shape index (κ3) is 2.20. The van der Waals surface area contributed by atoms with E-state index in [0.29, 0.717) is 0 Å². The second-order valence-corrected chi connectivity index (χ2v) is 4.62. The van der Waals surface area contributed by atoms with Crippen molar-refractivity contribution in [1.29, 1.82) is 0 Å². The lowest BCUT2D eigenvalue weighted by Crippen LogP contribution is -2.41. The molecule has 3 heteroatoms. The number of ether oxygens (including phenoxy) is 1. The molecular formula is C13H19NO2. The number of hydrogen-bond acceptors (Lipinski definition) is 3. The molecule has 88 valence electrons. The summed E-state index contributed by atoms with van der Waals surface area (Å²) in [5.41, 5.74) is 7.25. The van der Waals surface area contributed by atoms with Crippen molar-refractivity contribution < 1.29 is 9.84 Å². The van der Waals surface area contributed by atoms with Gasteiger partial charge in [-0.05, 0) is 43.4 Å². The minimum Gasteiger partial charge on any atom is -0.497 e. The van der Waals surface area contributed by atoms with Gasteiger partial charge in [0.15, 0.2) is 0 Å². The van der Waals surface area contributed by atoms with Gasteiger partial charge in [-0.3, -0.25) is 0 Å². The Morgan fingerprint density at radius 1 is 1.25 bits per heavy atom. The van der Waals surface area contributed by atoms with Gasteiger partial charge >= 0.3 is 0 Å². The van der Waals surface area contributed by atoms with Crippen LogP contribution < -0.4 is 10.5 Å². The zero-order chi connectivity index (χ0) is 11.6. The molecule has 0 saturated heterocycles. The van der Waals surface area contributed by atoms with Crippen LogP contribution in [0.15, 0.2) is 24.3 Å². The third-order valence-electron chi connectivity index (χ3n) is 3.51. The Balaban J connectivity index is 2.16. The molecule has 0 aromatic heterocycles. The van der Waals surface area contributed by atoms with Gasteiger partial charge in [-0.1, -0.05) is 12.1 Å². The van der Waals surface area contributed by atoms with Crippen molar-refractivity contribution in [3.05, 3.63) is 29.8 Å². The molecular weight excluding hydrogens is 202 g/mol. The standard InChI is InChI=1S/C13H19NO2/c1-16-12-4-2-10(3-5-12)13(14)8-6-11(15)7-9-13/h2-5,11,15H,6-9,14H2,1H3. The van der Waals surface area contributed by atoms with E-state index in [4.69, 9.17) is 10.5 Å². The molecule has 1 aromatic carbocycles. The first-order valence-electron chi connectivity index (χ1n) is 5.75. The maximum absolute atomic E-state index is 9.49. The molecule has 0 radical (unpaired) electrons. The molecule has 0 aliphatic heterocycles. The van der Waals surface area contributed by atoms with E-state index in [1.165, 1.54) is 0 Å². The molecule has 0 amide bonds. The van der Waals surface area contributed by atoms with Crippen molar-refractivity contribution in [1.82, 2.24) is 0 Å². The summed E-state index contributed by atoms with van der Waals surface area (Å²) in [6.07, 6.45) is 3.11. The SMILES string of the molecule is COc1ccc(C2(N)CCC(O)CC2)cc1. The van der Waals surface area contributed by atoms with Crippen molar-refractivity contribution in [2.24, 2.45) is 5.73 Å². The summed E-state index contributed by atoms with van der Waals surface area (Å²) in [6.45, 7) is 0. The largest absolute Gasteiger partial charge is 0.497 e. The smallest absolute Gasteiger partial charge is 0.118 e. The van der Waals surface area contributed by atoms with E-state index in [1.54, 1.807) is 7.11 Å². The zero-order valence-corrected chi connectivity index (χ0v) is 9.65. The van der Waals surface area contributed by atoms with E-state index < -0.39 is 0 Å². The summed E-state index contributed by atoms with van der Waals surface area (Å²) in [5, 5.41) is 9.49. The van der Waals surface area contributed by atoms with Crippen LogP contribution in [-0.2, 0) is 5.54 Å². The van der Waals surface area contributed by atoms with E-state index in [9.17, 15) is 5.11 Å². The molecule has 1 saturated carbocycles. The average Bonchev–Trinajstić information content (AvgIpc) is 2.33. The first kappa shape index (κ1) is 11.4. The second-order valence-electron chi connectivity index (χ2n) is 4.62. The van der Waals surface area contributed by atoms with Gasteiger partial charge < -0.3 is 15.6 Å². The lowest BCUT2D eigenvalue weighted by atomic mass is 9.76. The highest BCUT2D eigenvalue weighted by molar-refractivity contribution is 5.32. The molecule has 0 bridgehead atoms. The molecule has 1 aliphatic rings. The average molecular weight is 221 g/mol. The molecule has 1 fully saturated rings. The van der Waals surface area contributed by atoms with Crippen molar-refractivity contribution in [2.45, 2.75) is 37.3 Å². The van der Waals surface area contributed by atoms with E-state index in [-0.39, 0.29) is 11.6 Å². The molecule has 0 unspecified atom stereocenters. The van der Waals surface area contributed by atoms with Gasteiger partial charge in [0.1, 0.15) is 5.75 Å². The van der Waals surface area contributed by atoms with E-state index in [0.717, 1.165) is 37.0 Å². The van der Waals surface area contributed by atoms with Crippen LogP contribution in [-0.4, -0.2) is 18.3 Å². The van der Waals surface area contributed by atoms with E-state index >= 15 is 0 Å². The fraction of sp³-hybridized carbons (Fsp3) is 0.538. The van der Waals surface area contributed by atoms with Crippen molar-refractivity contribution in [2.75, 3.05) is 7.11 Å². The molecule has 2 rings (SSSR count). The topological polar surface area (TPSA) is 55.5 Å². The maximum atomic E-state index is 9.49. The Hall–Kier alpha value is -1.06. The molecule has 0 heterocycles. The molecule has 0 atom stereocenters. The molecule has 3 N–H and O–H groups in total. The summed E-state index contributed by atoms with van der Waals surface area (Å²) < 4.78 is 5.13. The minimum atomic E-state index is -0.272. The van der Waals surface area contributed by atoms with Crippen LogP contribution in [0.25, 0.3) is 0 Å². The monoisotopic (exact) mass is 221 g/mol. The summed E-state index contributed by atoms with van der Waals surface area (Å²) >= 11 is 0. The predicted octanol–water partition coefficient (Wildman–Crippen LogP) is 1.78. The number of hydrogen-bond donors (Lipinski definition) is 2. The van der Waals surface area contributed by atoms with Crippen LogP contribution >= 0.6 is 0 Å². The first-order chi connectivity index (χ1) is 7.64. The van der Waals surface area contributed by atoms with Crippen LogP contribution in [0.1, 0.15) is 31.2 Å². The molecule has 1 aromatic rings. The number of methoxy groups -OCH3 is 1. The second kappa shape index (κ2) is 4.44. The van der Waals surface area contributed by atoms with Crippen molar-refractivity contribution >= 4 is 0 Å². The van der Waals surface area contributed by atoms with Gasteiger partial charge in [-0.2, -0.15) is 0 Å². The Bertz CT molecular complexity index is 339. The summed E-state index contributed by atoms with van der Waals surface area (Å²) in [4.78, 5) is 0. The molecule has 16 heavy (non-hydrogen) atoms. The Morgan fingerprint density at radius 3 is 2.31 bits per heavy atom. The van der Waals surface area contributed by atoms with Crippen LogP contribution in [0, 0.1) is 0 Å². The summed E-state index contributed by atoms with van der Waals surface area (Å²) in [5.74, 6) is 0.850. The fourth-order valence-electron chi connectivity index (χ4n) is 2.33. The predicted molar refractivity (Wildman–Crippen MR) is 63.3 cm³/mol. The number of aliphatic hydroxyl groups excluding tert-OH is 1. The van der Waals surface area contributed by atoms with Crippen LogP contribution in [0.2, 0.25) is 0 Å². The van der Waals surface area contributed by atoms with E-state index in [2.05, 4.69) is 0 Å². The summed E-state index contributed by atoms with van der Waals surface area (Å²) in [7, 11) is 1.66. The fourth-order valence-corrected chi connectivity index (χ4v) is 2.33. The Morgan fingerprint density at radius 2 is 1.81 bits per heavy atom. The number of nitrogens with two attached hydrogens (primary N) is 1. The van der Waals surface area contributed by atoms with Crippen LogP contribution in [0.4, 0.5) is 0 Å². The highest BCUT2D eigenvalue weighted by atomic mass is 16.5. The normalized spacial score (nSPS) is 30.1. The van der Waals surface area contributed by atoms with Crippen LogP contribution in [0.3, 0.4) is 0 Å². The van der Waals surface area contributed by atoms with Gasteiger partial charge in [0, 0.05) is 5.54 Å². The van der Waals surface area contributed by atoms with Crippen molar-refractivity contribution in [3.8, 4) is 5.75 Å². The highest BCUT2D eigenvalue weighted by Gasteiger charge is 2.32. The zero-order valence-electron chi connectivity index (χ0n) is 9.65. The van der Waals surface area contributed by atoms with Gasteiger partial charge in [0.25, 0.3) is 0 Å². The highest BCUT2D eigenvalue weighted by Crippen LogP contribution is 2.35. The lowest BCUT2D eigenvalue weighted by Gasteiger charge is -2.36. The third-order valence-corrected chi connectivity index (χ3v) is 3.51. The Kier molecular flexibility index (Phi) is 3.17. The van der Waals surface area contributed by atoms with E-state index in [1.807, 2.05) is 24.3 Å². The molecule has 1 aliphatic carbocycles. The van der Waals surface area contributed by atoms with Gasteiger partial charge in [0.05, 0.1) is 13.2 Å².